The Bertz CT molecular complexity index is 897. The molecular formula is C20H18O7. The second-order valence-electron chi connectivity index (χ2n) is 6.01. The monoisotopic (exact) mass is 370 g/mol. The van der Waals surface area contributed by atoms with Crippen molar-refractivity contribution in [2.75, 3.05) is 14.2 Å². The fourth-order valence-electron chi connectivity index (χ4n) is 3.13. The van der Waals surface area contributed by atoms with Crippen molar-refractivity contribution in [3.8, 4) is 11.5 Å². The normalized spacial score (nSPS) is 19.0. The Morgan fingerprint density at radius 3 is 2.07 bits per heavy atom. The molecule has 1 unspecified atom stereocenters. The van der Waals surface area contributed by atoms with Gasteiger partial charge in [-0.3, -0.25) is 0 Å². The van der Waals surface area contributed by atoms with Crippen molar-refractivity contribution in [3.63, 3.8) is 0 Å². The number of rotatable bonds is 5. The van der Waals surface area contributed by atoms with Gasteiger partial charge in [0.15, 0.2) is 0 Å². The molecule has 0 radical (unpaired) electrons. The zero-order valence-electron chi connectivity index (χ0n) is 14.8. The van der Waals surface area contributed by atoms with Crippen molar-refractivity contribution in [1.29, 1.82) is 0 Å². The number of aromatic hydroxyl groups is 2. The molecule has 0 bridgehead atoms. The molecule has 1 heterocycles. The van der Waals surface area contributed by atoms with Crippen LogP contribution in [0.2, 0.25) is 0 Å². The molecule has 0 saturated heterocycles. The molecule has 0 amide bonds. The number of ether oxygens (including phenoxy) is 3. The van der Waals surface area contributed by atoms with E-state index in [9.17, 15) is 19.8 Å². The largest absolute Gasteiger partial charge is 0.508 e. The number of hydrogen-bond donors (Lipinski definition) is 2. The van der Waals surface area contributed by atoms with Crippen LogP contribution in [0.15, 0.2) is 54.3 Å². The summed E-state index contributed by atoms with van der Waals surface area (Å²) in [6.07, 6.45) is -0.0191. The van der Waals surface area contributed by atoms with Crippen LogP contribution >= 0.6 is 0 Å². The van der Waals surface area contributed by atoms with Crippen LogP contribution in [0.1, 0.15) is 11.1 Å². The number of methoxy groups -OCH3 is 2. The molecule has 0 spiro atoms. The van der Waals surface area contributed by atoms with Gasteiger partial charge in [-0.2, -0.15) is 0 Å². The van der Waals surface area contributed by atoms with E-state index < -0.39 is 17.5 Å². The van der Waals surface area contributed by atoms with Gasteiger partial charge in [0.1, 0.15) is 11.5 Å². The lowest BCUT2D eigenvalue weighted by atomic mass is 9.83. The average Bonchev–Trinajstić information content (AvgIpc) is 2.95. The molecule has 2 aromatic carbocycles. The number of benzene rings is 2. The zero-order valence-corrected chi connectivity index (χ0v) is 14.8. The Morgan fingerprint density at radius 1 is 1.00 bits per heavy atom. The fourth-order valence-corrected chi connectivity index (χ4v) is 3.13. The summed E-state index contributed by atoms with van der Waals surface area (Å²) in [5.41, 5.74) is -0.431. The number of esters is 2. The molecule has 0 aliphatic carbocycles. The first kappa shape index (κ1) is 18.3. The van der Waals surface area contributed by atoms with E-state index in [4.69, 9.17) is 14.2 Å². The lowest BCUT2D eigenvalue weighted by Gasteiger charge is -2.28. The van der Waals surface area contributed by atoms with Crippen LogP contribution in [-0.2, 0) is 30.2 Å². The van der Waals surface area contributed by atoms with Crippen LogP contribution < -0.4 is 0 Å². The average molecular weight is 370 g/mol. The van der Waals surface area contributed by atoms with Crippen LogP contribution in [0.25, 0.3) is 5.57 Å². The smallest absolute Gasteiger partial charge is 0.375 e. The van der Waals surface area contributed by atoms with E-state index in [-0.39, 0.29) is 29.3 Å². The molecule has 0 saturated carbocycles. The van der Waals surface area contributed by atoms with Gasteiger partial charge in [-0.15, -0.1) is 0 Å². The fraction of sp³-hybridized carbons (Fsp3) is 0.200. The van der Waals surface area contributed by atoms with Crippen LogP contribution in [0.3, 0.4) is 0 Å². The van der Waals surface area contributed by atoms with Crippen molar-refractivity contribution < 1.29 is 34.0 Å². The van der Waals surface area contributed by atoms with E-state index in [0.717, 1.165) is 0 Å². The molecule has 1 aliphatic rings. The van der Waals surface area contributed by atoms with E-state index in [2.05, 4.69) is 0 Å². The van der Waals surface area contributed by atoms with Gasteiger partial charge in [0.05, 0.1) is 19.8 Å². The number of hydrogen-bond acceptors (Lipinski definition) is 7. The highest BCUT2D eigenvalue weighted by Crippen LogP contribution is 2.43. The quantitative estimate of drug-likeness (QED) is 0.778. The highest BCUT2D eigenvalue weighted by Gasteiger charge is 2.56. The van der Waals surface area contributed by atoms with Gasteiger partial charge in [0, 0.05) is 6.42 Å². The molecule has 7 heteroatoms. The number of phenols is 2. The van der Waals surface area contributed by atoms with Gasteiger partial charge in [-0.1, -0.05) is 24.3 Å². The SMILES string of the molecule is COC(=O)C1(Cc2ccc(O)cc2)OC(=O)C(OC)=C1c1ccc(O)cc1. The molecule has 140 valence electrons. The number of carbonyl (C=O) groups excluding carboxylic acids is 2. The molecule has 0 fully saturated rings. The van der Waals surface area contributed by atoms with Crippen molar-refractivity contribution in [2.45, 2.75) is 12.0 Å². The van der Waals surface area contributed by atoms with Crippen molar-refractivity contribution in [1.82, 2.24) is 0 Å². The molecule has 1 aliphatic heterocycles. The molecule has 2 aromatic rings. The molecule has 1 atom stereocenters. The van der Waals surface area contributed by atoms with E-state index in [1.54, 1.807) is 24.3 Å². The minimum atomic E-state index is -1.76. The highest BCUT2D eigenvalue weighted by atomic mass is 16.6. The first-order valence-electron chi connectivity index (χ1n) is 8.09. The Hall–Kier alpha value is -3.48. The second kappa shape index (κ2) is 7.03. The Balaban J connectivity index is 2.19. The predicted octanol–water partition coefficient (Wildman–Crippen LogP) is 2.17. The zero-order chi connectivity index (χ0) is 19.6. The third kappa shape index (κ3) is 3.19. The van der Waals surface area contributed by atoms with Crippen molar-refractivity contribution in [2.24, 2.45) is 0 Å². The molecule has 27 heavy (non-hydrogen) atoms. The first-order valence-corrected chi connectivity index (χ1v) is 8.09. The lowest BCUT2D eigenvalue weighted by molar-refractivity contribution is -0.169. The molecule has 3 rings (SSSR count). The Labute approximate surface area is 155 Å². The highest BCUT2D eigenvalue weighted by molar-refractivity contribution is 6.11. The van der Waals surface area contributed by atoms with Crippen molar-refractivity contribution >= 4 is 17.5 Å². The summed E-state index contributed by atoms with van der Waals surface area (Å²) in [6, 6.07) is 12.2. The third-order valence-corrected chi connectivity index (χ3v) is 4.35. The maximum atomic E-state index is 12.8. The Morgan fingerprint density at radius 2 is 1.56 bits per heavy atom. The van der Waals surface area contributed by atoms with Crippen LogP contribution in [0.4, 0.5) is 0 Å². The Kier molecular flexibility index (Phi) is 4.77. The minimum absolute atomic E-state index is 0.0191. The minimum Gasteiger partial charge on any atom is -0.508 e. The van der Waals surface area contributed by atoms with Gasteiger partial charge < -0.3 is 24.4 Å². The van der Waals surface area contributed by atoms with Gasteiger partial charge >= 0.3 is 11.9 Å². The van der Waals surface area contributed by atoms with Gasteiger partial charge in [0.2, 0.25) is 11.4 Å². The summed E-state index contributed by atoms with van der Waals surface area (Å²) in [6.45, 7) is 0. The lowest BCUT2D eigenvalue weighted by Crippen LogP contribution is -2.44. The first-order chi connectivity index (χ1) is 12.9. The summed E-state index contributed by atoms with van der Waals surface area (Å²) in [5.74, 6) is -1.56. The van der Waals surface area contributed by atoms with Crippen LogP contribution in [0, 0.1) is 0 Å². The summed E-state index contributed by atoms with van der Waals surface area (Å²) < 4.78 is 15.7. The van der Waals surface area contributed by atoms with E-state index >= 15 is 0 Å². The van der Waals surface area contributed by atoms with Crippen molar-refractivity contribution in [3.05, 3.63) is 65.4 Å². The van der Waals surface area contributed by atoms with E-state index in [0.29, 0.717) is 11.1 Å². The number of cyclic esters (lactones) is 1. The third-order valence-electron chi connectivity index (χ3n) is 4.35. The van der Waals surface area contributed by atoms with Crippen LogP contribution in [0.5, 0.6) is 11.5 Å². The second-order valence-corrected chi connectivity index (χ2v) is 6.01. The van der Waals surface area contributed by atoms with Crippen LogP contribution in [-0.4, -0.2) is 42.0 Å². The summed E-state index contributed by atoms with van der Waals surface area (Å²) in [5, 5.41) is 19.0. The van der Waals surface area contributed by atoms with Gasteiger partial charge in [-0.05, 0) is 35.4 Å². The predicted molar refractivity (Wildman–Crippen MR) is 94.7 cm³/mol. The summed E-state index contributed by atoms with van der Waals surface area (Å²) >= 11 is 0. The van der Waals surface area contributed by atoms with E-state index in [1.807, 2.05) is 0 Å². The molecule has 2 N–H and O–H groups in total. The van der Waals surface area contributed by atoms with E-state index in [1.165, 1.54) is 38.5 Å². The number of phenolic OH excluding ortho intramolecular Hbond substituents is 2. The molecular weight excluding hydrogens is 352 g/mol. The maximum absolute atomic E-state index is 12.8. The standard InChI is InChI=1S/C20H18O7/c1-25-17-16(13-5-9-15(22)10-6-13)20(19(24)26-2,27-18(17)23)11-12-3-7-14(21)8-4-12/h3-10,21-22H,11H2,1-2H3. The number of carbonyl (C=O) groups is 2. The topological polar surface area (TPSA) is 102 Å². The summed E-state index contributed by atoms with van der Waals surface area (Å²) in [7, 11) is 2.51. The van der Waals surface area contributed by atoms with Gasteiger partial charge in [0.25, 0.3) is 0 Å². The van der Waals surface area contributed by atoms with Gasteiger partial charge in [-0.25, -0.2) is 9.59 Å². The maximum Gasteiger partial charge on any atom is 0.375 e. The molecule has 0 aromatic heterocycles. The molecule has 7 nitrogen and oxygen atoms in total. The summed E-state index contributed by atoms with van der Waals surface area (Å²) in [4.78, 5) is 25.2.